The Kier molecular flexibility index (Phi) is 4.56. The molecule has 0 fully saturated rings. The summed E-state index contributed by atoms with van der Waals surface area (Å²) in [6.45, 7) is 0. The lowest BCUT2D eigenvalue weighted by Gasteiger charge is -2.05. The Morgan fingerprint density at radius 3 is 2.63 bits per heavy atom. The standard InChI is InChI=1S/C21H12BrNO4/c22-14-6-4-13(5-7-14)21(25)26-16-8-9-17-18(12-16)27-19(20(17)24)11-15-3-1-2-10-23-15/h1-12H/b19-11-. The molecule has 3 aromatic rings. The number of ketones is 1. The number of esters is 1. The van der Waals surface area contributed by atoms with Crippen molar-refractivity contribution in [3.05, 3.63) is 93.9 Å². The molecule has 0 amide bonds. The Hall–Kier alpha value is -3.25. The van der Waals surface area contributed by atoms with Crippen LogP contribution in [0.25, 0.3) is 6.08 Å². The van der Waals surface area contributed by atoms with Crippen molar-refractivity contribution in [3.8, 4) is 11.5 Å². The molecule has 0 unspecified atom stereocenters. The van der Waals surface area contributed by atoms with E-state index >= 15 is 0 Å². The molecule has 0 saturated carbocycles. The highest BCUT2D eigenvalue weighted by Gasteiger charge is 2.28. The average Bonchev–Trinajstić information content (AvgIpc) is 2.98. The number of hydrogen-bond donors (Lipinski definition) is 0. The minimum atomic E-state index is -0.490. The minimum Gasteiger partial charge on any atom is -0.452 e. The third-order valence-corrected chi connectivity index (χ3v) is 4.43. The number of aromatic nitrogens is 1. The molecule has 2 aromatic carbocycles. The van der Waals surface area contributed by atoms with Gasteiger partial charge >= 0.3 is 5.97 Å². The Morgan fingerprint density at radius 2 is 1.89 bits per heavy atom. The first-order chi connectivity index (χ1) is 13.1. The number of ether oxygens (including phenoxy) is 2. The average molecular weight is 422 g/mol. The SMILES string of the molecule is O=C(Oc1ccc2c(c1)O/C(=C\c1ccccn1)C2=O)c1ccc(Br)cc1. The zero-order valence-electron chi connectivity index (χ0n) is 13.9. The van der Waals surface area contributed by atoms with E-state index < -0.39 is 5.97 Å². The highest BCUT2D eigenvalue weighted by molar-refractivity contribution is 9.10. The monoisotopic (exact) mass is 421 g/mol. The van der Waals surface area contributed by atoms with Crippen LogP contribution in [0, 0.1) is 0 Å². The topological polar surface area (TPSA) is 65.5 Å². The van der Waals surface area contributed by atoms with Crippen molar-refractivity contribution < 1.29 is 19.1 Å². The van der Waals surface area contributed by atoms with Gasteiger partial charge in [-0.05, 0) is 48.5 Å². The molecule has 27 heavy (non-hydrogen) atoms. The Labute approximate surface area is 163 Å². The summed E-state index contributed by atoms with van der Waals surface area (Å²) in [6, 6.07) is 16.9. The van der Waals surface area contributed by atoms with Crippen LogP contribution in [0.1, 0.15) is 26.4 Å². The quantitative estimate of drug-likeness (QED) is 0.349. The van der Waals surface area contributed by atoms with Gasteiger partial charge in [-0.1, -0.05) is 22.0 Å². The summed E-state index contributed by atoms with van der Waals surface area (Å²) in [7, 11) is 0. The number of carbonyl (C=O) groups is 2. The van der Waals surface area contributed by atoms with Gasteiger partial charge in [0.2, 0.25) is 5.78 Å². The number of benzene rings is 2. The van der Waals surface area contributed by atoms with Crippen molar-refractivity contribution in [2.45, 2.75) is 0 Å². The normalized spacial score (nSPS) is 14.0. The molecule has 5 nitrogen and oxygen atoms in total. The van der Waals surface area contributed by atoms with E-state index in [0.717, 1.165) is 4.47 Å². The number of allylic oxidation sites excluding steroid dienone is 1. The predicted octanol–water partition coefficient (Wildman–Crippen LogP) is 4.68. The van der Waals surface area contributed by atoms with E-state index in [2.05, 4.69) is 20.9 Å². The lowest BCUT2D eigenvalue weighted by Crippen LogP contribution is -2.08. The molecule has 4 rings (SSSR count). The zero-order valence-corrected chi connectivity index (χ0v) is 15.5. The minimum absolute atomic E-state index is 0.181. The molecule has 0 bridgehead atoms. The smallest absolute Gasteiger partial charge is 0.343 e. The van der Waals surface area contributed by atoms with E-state index in [0.29, 0.717) is 28.3 Å². The van der Waals surface area contributed by atoms with Crippen LogP contribution >= 0.6 is 15.9 Å². The molecule has 0 atom stereocenters. The first-order valence-corrected chi connectivity index (χ1v) is 8.86. The van der Waals surface area contributed by atoms with Gasteiger partial charge in [0.25, 0.3) is 0 Å². The van der Waals surface area contributed by atoms with Crippen LogP contribution in [0.2, 0.25) is 0 Å². The summed E-state index contributed by atoms with van der Waals surface area (Å²) in [5, 5.41) is 0. The Balaban J connectivity index is 1.55. The summed E-state index contributed by atoms with van der Waals surface area (Å²) in [5.41, 5.74) is 1.46. The molecule has 0 radical (unpaired) electrons. The van der Waals surface area contributed by atoms with E-state index in [1.54, 1.807) is 60.8 Å². The van der Waals surface area contributed by atoms with Crippen LogP contribution in [0.15, 0.2) is 77.1 Å². The number of pyridine rings is 1. The maximum atomic E-state index is 12.5. The lowest BCUT2D eigenvalue weighted by molar-refractivity contribution is 0.0734. The van der Waals surface area contributed by atoms with Gasteiger partial charge < -0.3 is 9.47 Å². The van der Waals surface area contributed by atoms with Gasteiger partial charge in [0.15, 0.2) is 5.76 Å². The van der Waals surface area contributed by atoms with Crippen LogP contribution in [0.4, 0.5) is 0 Å². The van der Waals surface area contributed by atoms with Gasteiger partial charge in [0.05, 0.1) is 16.8 Å². The Bertz CT molecular complexity index is 1060. The number of hydrogen-bond acceptors (Lipinski definition) is 5. The third-order valence-electron chi connectivity index (χ3n) is 3.90. The fraction of sp³-hybridized carbons (Fsp3) is 0. The van der Waals surface area contributed by atoms with Crippen LogP contribution in [-0.4, -0.2) is 16.7 Å². The van der Waals surface area contributed by atoms with Gasteiger partial charge in [-0.25, -0.2) is 4.79 Å². The molecule has 132 valence electrons. The highest BCUT2D eigenvalue weighted by atomic mass is 79.9. The summed E-state index contributed by atoms with van der Waals surface area (Å²) >= 11 is 3.32. The molecular formula is C21H12BrNO4. The van der Waals surface area contributed by atoms with Gasteiger partial charge in [0.1, 0.15) is 11.5 Å². The zero-order chi connectivity index (χ0) is 18.8. The summed E-state index contributed by atoms with van der Waals surface area (Å²) in [6.07, 6.45) is 3.22. The van der Waals surface area contributed by atoms with Crippen molar-refractivity contribution in [2.75, 3.05) is 0 Å². The largest absolute Gasteiger partial charge is 0.452 e. The van der Waals surface area contributed by atoms with Gasteiger partial charge in [-0.2, -0.15) is 0 Å². The number of carbonyl (C=O) groups excluding carboxylic acids is 2. The molecule has 1 aliphatic rings. The highest BCUT2D eigenvalue weighted by Crippen LogP contribution is 2.35. The molecule has 0 aliphatic carbocycles. The third kappa shape index (κ3) is 3.66. The van der Waals surface area contributed by atoms with E-state index in [1.807, 2.05) is 6.07 Å². The fourth-order valence-corrected chi connectivity index (χ4v) is 2.84. The van der Waals surface area contributed by atoms with E-state index in [-0.39, 0.29) is 11.5 Å². The summed E-state index contributed by atoms with van der Waals surface area (Å²) < 4.78 is 11.9. The molecule has 2 heterocycles. The molecule has 6 heteroatoms. The van der Waals surface area contributed by atoms with Gasteiger partial charge in [-0.15, -0.1) is 0 Å². The number of fused-ring (bicyclic) bond motifs is 1. The molecule has 1 aliphatic heterocycles. The second-order valence-corrected chi connectivity index (χ2v) is 6.66. The van der Waals surface area contributed by atoms with E-state index in [9.17, 15) is 9.59 Å². The van der Waals surface area contributed by atoms with E-state index in [4.69, 9.17) is 9.47 Å². The lowest BCUT2D eigenvalue weighted by atomic mass is 10.1. The number of halogens is 1. The molecule has 1 aromatic heterocycles. The number of nitrogens with zero attached hydrogens (tertiary/aromatic N) is 1. The number of Topliss-reactive ketones (excluding diaryl/α,β-unsaturated/α-hetero) is 1. The first-order valence-electron chi connectivity index (χ1n) is 8.07. The molecule has 0 spiro atoms. The second kappa shape index (κ2) is 7.17. The molecule has 0 saturated heterocycles. The number of rotatable bonds is 3. The van der Waals surface area contributed by atoms with Crippen molar-refractivity contribution in [3.63, 3.8) is 0 Å². The molecular weight excluding hydrogens is 410 g/mol. The summed E-state index contributed by atoms with van der Waals surface area (Å²) in [4.78, 5) is 28.8. The first kappa shape index (κ1) is 17.2. The Morgan fingerprint density at radius 1 is 1.07 bits per heavy atom. The van der Waals surface area contributed by atoms with Crippen molar-refractivity contribution in [1.82, 2.24) is 4.98 Å². The van der Waals surface area contributed by atoms with E-state index in [1.165, 1.54) is 6.07 Å². The van der Waals surface area contributed by atoms with Crippen LogP contribution < -0.4 is 9.47 Å². The predicted molar refractivity (Wildman–Crippen MR) is 103 cm³/mol. The van der Waals surface area contributed by atoms with Crippen LogP contribution in [0.5, 0.6) is 11.5 Å². The second-order valence-electron chi connectivity index (χ2n) is 5.75. The molecule has 0 N–H and O–H groups in total. The van der Waals surface area contributed by atoms with Gasteiger partial charge in [-0.3, -0.25) is 9.78 Å². The summed E-state index contributed by atoms with van der Waals surface area (Å²) in [5.74, 6) is 0.106. The fourth-order valence-electron chi connectivity index (χ4n) is 2.58. The maximum absolute atomic E-state index is 12.5. The van der Waals surface area contributed by atoms with Gasteiger partial charge in [0, 0.05) is 22.8 Å². The van der Waals surface area contributed by atoms with Crippen molar-refractivity contribution in [1.29, 1.82) is 0 Å². The maximum Gasteiger partial charge on any atom is 0.343 e. The van der Waals surface area contributed by atoms with Crippen molar-refractivity contribution in [2.24, 2.45) is 0 Å². The van der Waals surface area contributed by atoms with Crippen LogP contribution in [-0.2, 0) is 0 Å². The van der Waals surface area contributed by atoms with Crippen LogP contribution in [0.3, 0.4) is 0 Å². The van der Waals surface area contributed by atoms with Crippen molar-refractivity contribution >= 4 is 33.8 Å².